The van der Waals surface area contributed by atoms with E-state index < -0.39 is 62.0 Å². The molecule has 4 amide bonds. The van der Waals surface area contributed by atoms with Gasteiger partial charge in [-0.25, -0.2) is 14.4 Å². The number of hydrogen-bond donors (Lipinski definition) is 4. The Morgan fingerprint density at radius 2 is 1.39 bits per heavy atom. The first kappa shape index (κ1) is 46.3. The fourth-order valence-corrected chi connectivity index (χ4v) is 14.0. The van der Waals surface area contributed by atoms with Crippen molar-refractivity contribution >= 4 is 38.1 Å². The minimum Gasteiger partial charge on any atom is -0.465 e. The highest BCUT2D eigenvalue weighted by molar-refractivity contribution is 6.77. The molecule has 16 nitrogen and oxygen atoms in total. The SMILES string of the molecule is COC(=O)c1c2oc(c1C(=O)OC)C(=O)N[C@H](Cc1ccccc1)Cn1cc(nn1)CNC(=O)[C@@H](Cc1ccccc1)NC(=O)N[C@@H](CO[Si](C(C)C)(C(C)C)C(C)C)CC2. The van der Waals surface area contributed by atoms with Crippen LogP contribution in [-0.2, 0) is 51.0 Å². The van der Waals surface area contributed by atoms with Crippen molar-refractivity contribution in [2.24, 2.45) is 0 Å². The number of benzene rings is 2. The number of urea groups is 1. The lowest BCUT2D eigenvalue weighted by Crippen LogP contribution is -2.55. The number of rotatable bonds is 12. The standard InChI is InChI=1S/C44H59N7O9Si/c1-27(2)61(28(3)4,29(5)6)59-26-32-19-20-36-37(42(54)57-7)38(43(55)58-8)39(60-36)41(53)46-33(21-30-15-11-9-12-16-30)24-51-25-34(49-50-51)23-45-40(52)35(48-44(56)47-32)22-31-17-13-10-14-18-31/h9-18,25,27-29,32-33,35H,19-24,26H2,1-8H3,(H,45,52)(H,46,53)(H2,47,48,56)/t32-,33-,35-/m1/s1. The van der Waals surface area contributed by atoms with Crippen LogP contribution in [0.4, 0.5) is 4.79 Å². The summed E-state index contributed by atoms with van der Waals surface area (Å²) in [5.74, 6) is -3.53. The average Bonchev–Trinajstić information content (AvgIpc) is 3.85. The van der Waals surface area contributed by atoms with E-state index in [0.29, 0.717) is 12.1 Å². The van der Waals surface area contributed by atoms with E-state index in [1.165, 1.54) is 4.68 Å². The maximum Gasteiger partial charge on any atom is 0.342 e. The highest BCUT2D eigenvalue weighted by Gasteiger charge is 2.45. The van der Waals surface area contributed by atoms with Crippen LogP contribution in [0.15, 0.2) is 71.3 Å². The number of ether oxygens (including phenoxy) is 2. The van der Waals surface area contributed by atoms with Crippen molar-refractivity contribution < 1.29 is 42.3 Å². The first-order chi connectivity index (χ1) is 29.2. The third kappa shape index (κ3) is 11.5. The minimum atomic E-state index is -2.46. The van der Waals surface area contributed by atoms with Gasteiger partial charge in [-0.1, -0.05) is 107 Å². The Labute approximate surface area is 358 Å². The minimum absolute atomic E-state index is 0.0130. The number of fused-ring (bicyclic) bond motifs is 4. The van der Waals surface area contributed by atoms with Gasteiger partial charge in [0.05, 0.1) is 52.2 Å². The number of hydrogen-bond acceptors (Lipinski definition) is 11. The smallest absolute Gasteiger partial charge is 0.342 e. The number of methoxy groups -OCH3 is 2. The van der Waals surface area contributed by atoms with Crippen LogP contribution in [0.1, 0.15) is 102 Å². The molecule has 0 fully saturated rings. The molecule has 4 bridgehead atoms. The number of esters is 2. The van der Waals surface area contributed by atoms with Gasteiger partial charge in [0.15, 0.2) is 8.32 Å². The zero-order valence-electron chi connectivity index (χ0n) is 36.3. The van der Waals surface area contributed by atoms with E-state index in [9.17, 15) is 24.0 Å². The number of amides is 4. The average molecular weight is 858 g/mol. The fourth-order valence-electron chi connectivity index (χ4n) is 8.47. The Morgan fingerprint density at radius 3 is 1.98 bits per heavy atom. The van der Waals surface area contributed by atoms with Crippen molar-refractivity contribution in [2.45, 2.75) is 115 Å². The second kappa shape index (κ2) is 21.1. The topological polar surface area (TPSA) is 205 Å². The number of aromatic nitrogens is 3. The number of nitrogens with one attached hydrogen (secondary N) is 4. The lowest BCUT2D eigenvalue weighted by molar-refractivity contribution is -0.123. The molecule has 328 valence electrons. The maximum atomic E-state index is 14.3. The van der Waals surface area contributed by atoms with Crippen LogP contribution in [0.2, 0.25) is 16.6 Å². The van der Waals surface area contributed by atoms with Crippen LogP contribution in [0.25, 0.3) is 0 Å². The quantitative estimate of drug-likeness (QED) is 0.103. The summed E-state index contributed by atoms with van der Waals surface area (Å²) in [4.78, 5) is 69.0. The first-order valence-corrected chi connectivity index (χ1v) is 22.9. The summed E-state index contributed by atoms with van der Waals surface area (Å²) >= 11 is 0. The number of furan rings is 1. The van der Waals surface area contributed by atoms with Crippen molar-refractivity contribution in [3.63, 3.8) is 0 Å². The second-order valence-electron chi connectivity index (χ2n) is 16.3. The first-order valence-electron chi connectivity index (χ1n) is 20.7. The molecular weight excluding hydrogens is 799 g/mol. The zero-order chi connectivity index (χ0) is 44.3. The Morgan fingerprint density at radius 1 is 0.803 bits per heavy atom. The maximum absolute atomic E-state index is 14.3. The van der Waals surface area contributed by atoms with E-state index >= 15 is 0 Å². The van der Waals surface area contributed by atoms with Gasteiger partial charge in [0.2, 0.25) is 11.7 Å². The van der Waals surface area contributed by atoms with Gasteiger partial charge in [0, 0.05) is 12.8 Å². The van der Waals surface area contributed by atoms with Crippen LogP contribution < -0.4 is 21.3 Å². The number of nitrogens with zero attached hydrogens (tertiary/aromatic N) is 3. The summed E-state index contributed by atoms with van der Waals surface area (Å²) in [6, 6.07) is 15.9. The van der Waals surface area contributed by atoms with Gasteiger partial charge in [0.25, 0.3) is 5.91 Å². The predicted molar refractivity (Wildman–Crippen MR) is 229 cm³/mol. The molecule has 17 heteroatoms. The van der Waals surface area contributed by atoms with E-state index in [4.69, 9.17) is 18.3 Å². The molecule has 5 rings (SSSR count). The summed E-state index contributed by atoms with van der Waals surface area (Å²) in [6.45, 7) is 13.2. The van der Waals surface area contributed by atoms with Gasteiger partial charge in [-0.15, -0.1) is 5.10 Å². The van der Waals surface area contributed by atoms with E-state index in [0.717, 1.165) is 25.3 Å². The van der Waals surface area contributed by atoms with Crippen molar-refractivity contribution in [2.75, 3.05) is 20.8 Å². The summed E-state index contributed by atoms with van der Waals surface area (Å²) in [5.41, 5.74) is 2.25. The van der Waals surface area contributed by atoms with E-state index in [2.05, 4.69) is 73.1 Å². The Kier molecular flexibility index (Phi) is 16.0. The third-order valence-corrected chi connectivity index (χ3v) is 17.3. The van der Waals surface area contributed by atoms with Crippen molar-refractivity contribution in [1.29, 1.82) is 0 Å². The Balaban J connectivity index is 1.60. The molecule has 4 aromatic rings. The van der Waals surface area contributed by atoms with Crippen LogP contribution >= 0.6 is 0 Å². The number of carbonyl (C=O) groups is 5. The van der Waals surface area contributed by atoms with Gasteiger partial charge in [-0.3, -0.25) is 14.3 Å². The molecule has 3 atom stereocenters. The summed E-state index contributed by atoms with van der Waals surface area (Å²) < 4.78 is 24.9. The molecule has 3 heterocycles. The molecule has 2 aromatic heterocycles. The normalized spacial score (nSPS) is 18.2. The predicted octanol–water partition coefficient (Wildman–Crippen LogP) is 5.52. The monoisotopic (exact) mass is 857 g/mol. The number of aryl methyl sites for hydroxylation is 1. The lowest BCUT2D eigenvalue weighted by Gasteiger charge is -2.43. The van der Waals surface area contributed by atoms with Gasteiger partial charge in [0.1, 0.15) is 28.6 Å². The zero-order valence-corrected chi connectivity index (χ0v) is 37.3. The molecule has 0 radical (unpaired) electrons. The molecule has 0 unspecified atom stereocenters. The molecule has 61 heavy (non-hydrogen) atoms. The van der Waals surface area contributed by atoms with Crippen LogP contribution in [0.5, 0.6) is 0 Å². The molecule has 0 saturated carbocycles. The van der Waals surface area contributed by atoms with Crippen molar-refractivity contribution in [3.8, 4) is 0 Å². The number of carbonyl (C=O) groups excluding carboxylic acids is 5. The van der Waals surface area contributed by atoms with Gasteiger partial charge >= 0.3 is 18.0 Å². The molecule has 1 aliphatic heterocycles. The van der Waals surface area contributed by atoms with E-state index in [1.807, 2.05) is 60.7 Å². The summed E-state index contributed by atoms with van der Waals surface area (Å²) in [5, 5.41) is 20.3. The van der Waals surface area contributed by atoms with E-state index in [1.54, 1.807) is 6.20 Å². The summed E-state index contributed by atoms with van der Waals surface area (Å²) in [6.07, 6.45) is 2.32. The lowest BCUT2D eigenvalue weighted by atomic mass is 10.0. The van der Waals surface area contributed by atoms with Crippen LogP contribution in [0.3, 0.4) is 0 Å². The van der Waals surface area contributed by atoms with Gasteiger partial charge in [-0.2, -0.15) is 0 Å². The molecule has 0 saturated heterocycles. The highest BCUT2D eigenvalue weighted by Crippen LogP contribution is 2.42. The molecule has 4 N–H and O–H groups in total. The van der Waals surface area contributed by atoms with E-state index in [-0.39, 0.29) is 72.5 Å². The van der Waals surface area contributed by atoms with Gasteiger partial charge < -0.3 is 39.6 Å². The Bertz CT molecular complexity index is 2100. The van der Waals surface area contributed by atoms with Crippen LogP contribution in [0, 0.1) is 0 Å². The third-order valence-electron chi connectivity index (χ3n) is 11.3. The van der Waals surface area contributed by atoms with Crippen LogP contribution in [-0.4, -0.2) is 92.0 Å². The highest BCUT2D eigenvalue weighted by atomic mass is 28.4. The molecule has 0 aliphatic carbocycles. The molecular formula is C44H59N7O9Si. The van der Waals surface area contributed by atoms with Gasteiger partial charge in [-0.05, 0) is 40.6 Å². The molecule has 2 aromatic carbocycles. The molecule has 1 aliphatic rings. The summed E-state index contributed by atoms with van der Waals surface area (Å²) in [7, 11) is -0.163. The molecule has 0 spiro atoms. The van der Waals surface area contributed by atoms with Crippen molar-refractivity contribution in [3.05, 3.63) is 106 Å². The largest absolute Gasteiger partial charge is 0.465 e. The second-order valence-corrected chi connectivity index (χ2v) is 21.8. The fraction of sp³-hybridized carbons (Fsp3) is 0.477. The van der Waals surface area contributed by atoms with Crippen molar-refractivity contribution in [1.82, 2.24) is 36.3 Å². The Hall–Kier alpha value is -5.81.